The molecule has 8 heteroatoms. The van der Waals surface area contributed by atoms with E-state index in [0.29, 0.717) is 23.8 Å². The quantitative estimate of drug-likeness (QED) is 0.601. The second-order valence-electron chi connectivity index (χ2n) is 7.62. The summed E-state index contributed by atoms with van der Waals surface area (Å²) in [6.07, 6.45) is -3.29. The lowest BCUT2D eigenvalue weighted by Gasteiger charge is -2.30. The fraction of sp³-hybridized carbons (Fsp3) is 0.364. The standard InChI is InChI=1S/C22H23F3N4O/c1-28(12-13-29-11-10-16-4-2-3-5-18(16)14-29)15-20-26-21(27-30-20)17-6-8-19(9-7-17)22(23,24)25/h2-9H,10-15H2,1H3. The summed E-state index contributed by atoms with van der Waals surface area (Å²) >= 11 is 0. The Balaban J connectivity index is 1.29. The molecule has 158 valence electrons. The molecule has 0 radical (unpaired) electrons. The Morgan fingerprint density at radius 1 is 1.07 bits per heavy atom. The SMILES string of the molecule is CN(CCN1CCc2ccccc2C1)Cc1nc(-c2ccc(C(F)(F)F)cc2)no1. The van der Waals surface area contributed by atoms with Gasteiger partial charge in [0.1, 0.15) is 0 Å². The number of halogens is 3. The fourth-order valence-corrected chi connectivity index (χ4v) is 3.61. The van der Waals surface area contributed by atoms with Gasteiger partial charge in [-0.25, -0.2) is 0 Å². The molecule has 3 aromatic rings. The van der Waals surface area contributed by atoms with Gasteiger partial charge in [-0.05, 0) is 36.7 Å². The van der Waals surface area contributed by atoms with Crippen molar-refractivity contribution < 1.29 is 17.7 Å². The molecule has 0 aliphatic carbocycles. The first-order valence-electron chi connectivity index (χ1n) is 9.86. The summed E-state index contributed by atoms with van der Waals surface area (Å²) in [5.74, 6) is 0.733. The molecule has 0 N–H and O–H groups in total. The maximum Gasteiger partial charge on any atom is 0.416 e. The maximum atomic E-state index is 12.7. The predicted octanol–water partition coefficient (Wildman–Crippen LogP) is 4.25. The van der Waals surface area contributed by atoms with Gasteiger partial charge in [-0.3, -0.25) is 9.80 Å². The lowest BCUT2D eigenvalue weighted by Crippen LogP contribution is -2.36. The molecular formula is C22H23F3N4O. The molecule has 0 bridgehead atoms. The molecule has 0 saturated heterocycles. The molecule has 0 fully saturated rings. The van der Waals surface area contributed by atoms with Crippen LogP contribution < -0.4 is 0 Å². The van der Waals surface area contributed by atoms with E-state index in [0.717, 1.165) is 44.7 Å². The van der Waals surface area contributed by atoms with Crippen LogP contribution in [-0.4, -0.2) is 46.6 Å². The van der Waals surface area contributed by atoms with Gasteiger partial charge in [0, 0.05) is 31.7 Å². The van der Waals surface area contributed by atoms with Crippen LogP contribution in [0.5, 0.6) is 0 Å². The number of hydrogen-bond donors (Lipinski definition) is 0. The minimum absolute atomic E-state index is 0.291. The molecule has 30 heavy (non-hydrogen) atoms. The molecule has 5 nitrogen and oxygen atoms in total. The number of rotatable bonds is 6. The fourth-order valence-electron chi connectivity index (χ4n) is 3.61. The Kier molecular flexibility index (Phi) is 5.87. The van der Waals surface area contributed by atoms with Crippen molar-refractivity contribution in [3.8, 4) is 11.4 Å². The van der Waals surface area contributed by atoms with Crippen LogP contribution in [-0.2, 0) is 25.7 Å². The van der Waals surface area contributed by atoms with Gasteiger partial charge < -0.3 is 4.52 Å². The highest BCUT2D eigenvalue weighted by molar-refractivity contribution is 5.54. The molecule has 0 amide bonds. The molecule has 1 aromatic heterocycles. The summed E-state index contributed by atoms with van der Waals surface area (Å²) in [7, 11) is 1.99. The van der Waals surface area contributed by atoms with Crippen molar-refractivity contribution in [2.45, 2.75) is 25.7 Å². The van der Waals surface area contributed by atoms with Crippen LogP contribution in [0, 0.1) is 0 Å². The van der Waals surface area contributed by atoms with Gasteiger partial charge >= 0.3 is 6.18 Å². The van der Waals surface area contributed by atoms with Crippen LogP contribution in [0.2, 0.25) is 0 Å². The first-order valence-corrected chi connectivity index (χ1v) is 9.86. The second-order valence-corrected chi connectivity index (χ2v) is 7.62. The van der Waals surface area contributed by atoms with Crippen molar-refractivity contribution in [3.63, 3.8) is 0 Å². The number of nitrogens with zero attached hydrogens (tertiary/aromatic N) is 4. The number of aromatic nitrogens is 2. The lowest BCUT2D eigenvalue weighted by atomic mass is 10.00. The first kappa shape index (κ1) is 20.6. The summed E-state index contributed by atoms with van der Waals surface area (Å²) in [5.41, 5.74) is 2.62. The molecule has 1 aliphatic rings. The summed E-state index contributed by atoms with van der Waals surface area (Å²) in [6, 6.07) is 13.3. The van der Waals surface area contributed by atoms with Gasteiger partial charge in [-0.2, -0.15) is 18.2 Å². The number of likely N-dealkylation sites (N-methyl/N-ethyl adjacent to an activating group) is 1. The minimum Gasteiger partial charge on any atom is -0.338 e. The Morgan fingerprint density at radius 2 is 1.80 bits per heavy atom. The van der Waals surface area contributed by atoms with Gasteiger partial charge in [0.05, 0.1) is 12.1 Å². The highest BCUT2D eigenvalue weighted by Crippen LogP contribution is 2.30. The van der Waals surface area contributed by atoms with Gasteiger partial charge in [0.15, 0.2) is 0 Å². The molecule has 0 unspecified atom stereocenters. The topological polar surface area (TPSA) is 45.4 Å². The Labute approximate surface area is 173 Å². The van der Waals surface area contributed by atoms with Crippen LogP contribution in [0.15, 0.2) is 53.1 Å². The third-order valence-corrected chi connectivity index (χ3v) is 5.35. The van der Waals surface area contributed by atoms with Crippen molar-refractivity contribution in [1.82, 2.24) is 19.9 Å². The van der Waals surface area contributed by atoms with E-state index in [4.69, 9.17) is 4.52 Å². The molecule has 0 spiro atoms. The van der Waals surface area contributed by atoms with Gasteiger partial charge in [0.2, 0.25) is 11.7 Å². The zero-order valence-corrected chi connectivity index (χ0v) is 16.7. The van der Waals surface area contributed by atoms with E-state index >= 15 is 0 Å². The van der Waals surface area contributed by atoms with E-state index < -0.39 is 11.7 Å². The maximum absolute atomic E-state index is 12.7. The van der Waals surface area contributed by atoms with Crippen LogP contribution in [0.25, 0.3) is 11.4 Å². The molecule has 4 rings (SSSR count). The van der Waals surface area contributed by atoms with Crippen molar-refractivity contribution in [1.29, 1.82) is 0 Å². The van der Waals surface area contributed by atoms with Gasteiger partial charge in [-0.15, -0.1) is 0 Å². The average molecular weight is 416 g/mol. The highest BCUT2D eigenvalue weighted by atomic mass is 19.4. The minimum atomic E-state index is -4.36. The second kappa shape index (κ2) is 8.57. The molecule has 2 heterocycles. The Hall–Kier alpha value is -2.71. The van der Waals surface area contributed by atoms with Gasteiger partial charge in [-0.1, -0.05) is 41.6 Å². The van der Waals surface area contributed by atoms with Crippen LogP contribution in [0.1, 0.15) is 22.6 Å². The van der Waals surface area contributed by atoms with E-state index in [2.05, 4.69) is 44.2 Å². The Bertz CT molecular complexity index is 985. The zero-order chi connectivity index (χ0) is 21.1. The summed E-state index contributed by atoms with van der Waals surface area (Å²) in [5, 5.41) is 3.90. The molecule has 0 atom stereocenters. The van der Waals surface area contributed by atoms with Crippen molar-refractivity contribution >= 4 is 0 Å². The van der Waals surface area contributed by atoms with Gasteiger partial charge in [0.25, 0.3) is 0 Å². The summed E-state index contributed by atoms with van der Waals surface area (Å²) < 4.78 is 43.4. The first-order chi connectivity index (χ1) is 14.4. The number of alkyl halides is 3. The predicted molar refractivity (Wildman–Crippen MR) is 106 cm³/mol. The molecular weight excluding hydrogens is 393 g/mol. The number of hydrogen-bond acceptors (Lipinski definition) is 5. The van der Waals surface area contributed by atoms with Crippen LogP contribution in [0.4, 0.5) is 13.2 Å². The largest absolute Gasteiger partial charge is 0.416 e. The highest BCUT2D eigenvalue weighted by Gasteiger charge is 2.30. The number of fused-ring (bicyclic) bond motifs is 1. The van der Waals surface area contributed by atoms with E-state index in [1.807, 2.05) is 7.05 Å². The summed E-state index contributed by atoms with van der Waals surface area (Å²) in [6.45, 7) is 4.27. The van der Waals surface area contributed by atoms with Crippen molar-refractivity contribution in [3.05, 3.63) is 71.1 Å². The molecule has 2 aromatic carbocycles. The van der Waals surface area contributed by atoms with E-state index in [-0.39, 0.29) is 0 Å². The number of benzene rings is 2. The van der Waals surface area contributed by atoms with Crippen molar-refractivity contribution in [2.24, 2.45) is 0 Å². The van der Waals surface area contributed by atoms with Crippen molar-refractivity contribution in [2.75, 3.05) is 26.7 Å². The van der Waals surface area contributed by atoms with Crippen LogP contribution >= 0.6 is 0 Å². The van der Waals surface area contributed by atoms with E-state index in [1.54, 1.807) is 0 Å². The monoisotopic (exact) mass is 416 g/mol. The third kappa shape index (κ3) is 4.88. The summed E-state index contributed by atoms with van der Waals surface area (Å²) in [4.78, 5) is 8.86. The molecule has 1 aliphatic heterocycles. The average Bonchev–Trinajstić information content (AvgIpc) is 3.20. The zero-order valence-electron chi connectivity index (χ0n) is 16.7. The Morgan fingerprint density at radius 3 is 2.53 bits per heavy atom. The smallest absolute Gasteiger partial charge is 0.338 e. The normalized spacial score (nSPS) is 14.8. The third-order valence-electron chi connectivity index (χ3n) is 5.35. The van der Waals surface area contributed by atoms with E-state index in [1.165, 1.54) is 23.3 Å². The van der Waals surface area contributed by atoms with Crippen LogP contribution in [0.3, 0.4) is 0 Å². The van der Waals surface area contributed by atoms with E-state index in [9.17, 15) is 13.2 Å². The molecule has 0 saturated carbocycles. The lowest BCUT2D eigenvalue weighted by molar-refractivity contribution is -0.137.